The van der Waals surface area contributed by atoms with E-state index in [0.717, 1.165) is 0 Å². The lowest BCUT2D eigenvalue weighted by Crippen LogP contribution is -2.47. The van der Waals surface area contributed by atoms with E-state index in [-0.39, 0.29) is 17.3 Å². The van der Waals surface area contributed by atoms with Gasteiger partial charge in [-0.3, -0.25) is 4.79 Å². The van der Waals surface area contributed by atoms with Crippen molar-refractivity contribution in [1.29, 1.82) is 0 Å². The number of nitrogens with one attached hydrogen (secondary N) is 1. The molecule has 1 aliphatic rings. The van der Waals surface area contributed by atoms with E-state index in [2.05, 4.69) is 10.3 Å². The summed E-state index contributed by atoms with van der Waals surface area (Å²) in [6.45, 7) is 0. The molecule has 1 N–H and O–H groups in total. The lowest BCUT2D eigenvalue weighted by Gasteiger charge is -2.33. The summed E-state index contributed by atoms with van der Waals surface area (Å²) in [5.74, 6) is -2.10. The van der Waals surface area contributed by atoms with Crippen molar-refractivity contribution in [2.45, 2.75) is 37.9 Å². The van der Waals surface area contributed by atoms with E-state index in [0.29, 0.717) is 19.3 Å². The van der Waals surface area contributed by atoms with Crippen LogP contribution < -0.4 is 5.32 Å². The standard InChI is InChI=1S/C13H14ClF3N2O/c14-11-7-3-6-10(18-11)12(20)19-9-5-2-1-4-8(9)13(15,16)17/h3,6-9H,1-2,4-5H2,(H,19,20). The molecule has 2 rings (SSSR count). The Labute approximate surface area is 119 Å². The first kappa shape index (κ1) is 15.1. The van der Waals surface area contributed by atoms with Crippen molar-refractivity contribution in [3.63, 3.8) is 0 Å². The van der Waals surface area contributed by atoms with Crippen LogP contribution in [0.25, 0.3) is 0 Å². The van der Waals surface area contributed by atoms with Gasteiger partial charge in [0.25, 0.3) is 5.91 Å². The molecule has 0 aromatic carbocycles. The van der Waals surface area contributed by atoms with Gasteiger partial charge < -0.3 is 5.32 Å². The summed E-state index contributed by atoms with van der Waals surface area (Å²) in [7, 11) is 0. The van der Waals surface area contributed by atoms with Crippen LogP contribution >= 0.6 is 11.6 Å². The minimum atomic E-state index is -4.29. The zero-order valence-corrected chi connectivity index (χ0v) is 11.3. The molecule has 1 fully saturated rings. The van der Waals surface area contributed by atoms with Crippen LogP contribution in [0.3, 0.4) is 0 Å². The van der Waals surface area contributed by atoms with Gasteiger partial charge in [0, 0.05) is 6.04 Å². The van der Waals surface area contributed by atoms with Gasteiger partial charge in [0.2, 0.25) is 0 Å². The summed E-state index contributed by atoms with van der Waals surface area (Å²) in [4.78, 5) is 15.7. The Hall–Kier alpha value is -1.30. The van der Waals surface area contributed by atoms with Crippen LogP contribution in [0.4, 0.5) is 13.2 Å². The molecule has 1 amide bonds. The second-order valence-corrected chi connectivity index (χ2v) is 5.25. The molecular formula is C13H14ClF3N2O. The van der Waals surface area contributed by atoms with Crippen LogP contribution in [0.2, 0.25) is 5.15 Å². The molecule has 7 heteroatoms. The fraction of sp³-hybridized carbons (Fsp3) is 0.538. The van der Waals surface area contributed by atoms with Crippen LogP contribution in [0.15, 0.2) is 18.2 Å². The molecule has 1 aromatic rings. The molecular weight excluding hydrogens is 293 g/mol. The van der Waals surface area contributed by atoms with Crippen LogP contribution in [0, 0.1) is 5.92 Å². The molecule has 2 atom stereocenters. The number of amides is 1. The van der Waals surface area contributed by atoms with Crippen LogP contribution in [0.1, 0.15) is 36.2 Å². The monoisotopic (exact) mass is 306 g/mol. The highest BCUT2D eigenvalue weighted by Crippen LogP contribution is 2.37. The minimum absolute atomic E-state index is 0.0315. The summed E-state index contributed by atoms with van der Waals surface area (Å²) in [6.07, 6.45) is -2.69. The van der Waals surface area contributed by atoms with Crippen molar-refractivity contribution in [2.24, 2.45) is 5.92 Å². The molecule has 0 bridgehead atoms. The molecule has 0 saturated heterocycles. The first-order valence-corrected chi connectivity index (χ1v) is 6.76. The Morgan fingerprint density at radius 1 is 1.30 bits per heavy atom. The van der Waals surface area contributed by atoms with E-state index in [4.69, 9.17) is 11.6 Å². The van der Waals surface area contributed by atoms with Gasteiger partial charge in [-0.25, -0.2) is 4.98 Å². The van der Waals surface area contributed by atoms with Crippen molar-refractivity contribution in [1.82, 2.24) is 10.3 Å². The number of aromatic nitrogens is 1. The average Bonchev–Trinajstić information content (AvgIpc) is 2.38. The second kappa shape index (κ2) is 5.99. The molecule has 3 nitrogen and oxygen atoms in total. The third-order valence-corrected chi connectivity index (χ3v) is 3.66. The lowest BCUT2D eigenvalue weighted by molar-refractivity contribution is -0.187. The largest absolute Gasteiger partial charge is 0.393 e. The molecule has 2 unspecified atom stereocenters. The van der Waals surface area contributed by atoms with E-state index < -0.39 is 24.0 Å². The molecule has 0 aliphatic heterocycles. The maximum atomic E-state index is 12.9. The van der Waals surface area contributed by atoms with Gasteiger partial charge in [-0.15, -0.1) is 0 Å². The first-order chi connectivity index (χ1) is 9.38. The summed E-state index contributed by atoms with van der Waals surface area (Å²) < 4.78 is 38.8. The highest BCUT2D eigenvalue weighted by Gasteiger charge is 2.46. The number of alkyl halides is 3. The predicted octanol–water partition coefficient (Wildman–Crippen LogP) is 3.59. The third kappa shape index (κ3) is 3.62. The Morgan fingerprint density at radius 2 is 2.00 bits per heavy atom. The van der Waals surface area contributed by atoms with Crippen LogP contribution in [-0.4, -0.2) is 23.1 Å². The lowest BCUT2D eigenvalue weighted by atomic mass is 9.84. The van der Waals surface area contributed by atoms with Crippen LogP contribution in [0.5, 0.6) is 0 Å². The van der Waals surface area contributed by atoms with E-state index in [1.54, 1.807) is 0 Å². The Morgan fingerprint density at radius 3 is 2.65 bits per heavy atom. The number of hydrogen-bond acceptors (Lipinski definition) is 2. The molecule has 1 saturated carbocycles. The first-order valence-electron chi connectivity index (χ1n) is 6.38. The highest BCUT2D eigenvalue weighted by atomic mass is 35.5. The molecule has 1 aliphatic carbocycles. The predicted molar refractivity (Wildman–Crippen MR) is 68.5 cm³/mol. The molecule has 0 spiro atoms. The van der Waals surface area contributed by atoms with Crippen molar-refractivity contribution in [2.75, 3.05) is 0 Å². The van der Waals surface area contributed by atoms with E-state index in [9.17, 15) is 18.0 Å². The molecule has 1 aromatic heterocycles. The van der Waals surface area contributed by atoms with Gasteiger partial charge in [0.05, 0.1) is 5.92 Å². The van der Waals surface area contributed by atoms with E-state index >= 15 is 0 Å². The number of halogens is 4. The number of nitrogens with zero attached hydrogens (tertiary/aromatic N) is 1. The second-order valence-electron chi connectivity index (χ2n) is 4.86. The smallest absolute Gasteiger partial charge is 0.347 e. The van der Waals surface area contributed by atoms with Gasteiger partial charge in [0.1, 0.15) is 10.8 Å². The summed E-state index contributed by atoms with van der Waals surface area (Å²) >= 11 is 5.66. The highest BCUT2D eigenvalue weighted by molar-refractivity contribution is 6.29. The fourth-order valence-corrected chi connectivity index (χ4v) is 2.64. The Kier molecular flexibility index (Phi) is 4.52. The van der Waals surface area contributed by atoms with Crippen LogP contribution in [-0.2, 0) is 0 Å². The topological polar surface area (TPSA) is 42.0 Å². The Balaban J connectivity index is 2.09. The van der Waals surface area contributed by atoms with E-state index in [1.165, 1.54) is 18.2 Å². The Bertz CT molecular complexity index is 493. The van der Waals surface area contributed by atoms with Gasteiger partial charge >= 0.3 is 6.18 Å². The normalized spacial score (nSPS) is 23.4. The zero-order chi connectivity index (χ0) is 14.8. The fourth-order valence-electron chi connectivity index (χ4n) is 2.47. The van der Waals surface area contributed by atoms with Gasteiger partial charge in [-0.05, 0) is 25.0 Å². The molecule has 0 radical (unpaired) electrons. The number of carbonyl (C=O) groups is 1. The van der Waals surface area contributed by atoms with E-state index in [1.807, 2.05) is 0 Å². The van der Waals surface area contributed by atoms with Gasteiger partial charge in [-0.1, -0.05) is 30.5 Å². The van der Waals surface area contributed by atoms with Crippen molar-refractivity contribution in [3.8, 4) is 0 Å². The number of pyridine rings is 1. The summed E-state index contributed by atoms with van der Waals surface area (Å²) in [6, 6.07) is 3.56. The average molecular weight is 307 g/mol. The maximum Gasteiger partial charge on any atom is 0.393 e. The van der Waals surface area contributed by atoms with Gasteiger partial charge in [-0.2, -0.15) is 13.2 Å². The third-order valence-electron chi connectivity index (χ3n) is 3.45. The number of carbonyl (C=O) groups excluding carboxylic acids is 1. The SMILES string of the molecule is O=C(NC1CCCCC1C(F)(F)F)c1cccc(Cl)n1. The number of hydrogen-bond donors (Lipinski definition) is 1. The van der Waals surface area contributed by atoms with Crippen molar-refractivity contribution in [3.05, 3.63) is 29.0 Å². The quantitative estimate of drug-likeness (QED) is 0.849. The summed E-state index contributed by atoms with van der Waals surface area (Å²) in [5, 5.41) is 2.57. The van der Waals surface area contributed by atoms with Crippen molar-refractivity contribution >= 4 is 17.5 Å². The summed E-state index contributed by atoms with van der Waals surface area (Å²) in [5.41, 5.74) is 0.0315. The maximum absolute atomic E-state index is 12.9. The molecule has 110 valence electrons. The zero-order valence-electron chi connectivity index (χ0n) is 10.6. The molecule has 1 heterocycles. The number of rotatable bonds is 2. The van der Waals surface area contributed by atoms with Gasteiger partial charge in [0.15, 0.2) is 0 Å². The van der Waals surface area contributed by atoms with Crippen molar-refractivity contribution < 1.29 is 18.0 Å². The minimum Gasteiger partial charge on any atom is -0.347 e. The molecule has 20 heavy (non-hydrogen) atoms.